The fourth-order valence-electron chi connectivity index (χ4n) is 4.15. The van der Waals surface area contributed by atoms with Gasteiger partial charge < -0.3 is 9.84 Å². The number of sulfone groups is 1. The average molecular weight is 382 g/mol. The van der Waals surface area contributed by atoms with Crippen LogP contribution >= 0.6 is 0 Å². The molecule has 3 rings (SSSR count). The van der Waals surface area contributed by atoms with Crippen LogP contribution in [-0.4, -0.2) is 55.6 Å². The quantitative estimate of drug-likeness (QED) is 0.868. The molecule has 2 aliphatic rings. The number of benzene rings is 1. The smallest absolute Gasteiger partial charge is 0.175 e. The van der Waals surface area contributed by atoms with Crippen LogP contribution in [0.25, 0.3) is 0 Å². The Morgan fingerprint density at radius 1 is 1.23 bits per heavy atom. The van der Waals surface area contributed by atoms with E-state index in [4.69, 9.17) is 4.74 Å². The topological polar surface area (TPSA) is 66.8 Å². The second kappa shape index (κ2) is 7.58. The summed E-state index contributed by atoms with van der Waals surface area (Å²) in [6, 6.07) is 7.17. The Labute approximate surface area is 157 Å². The number of rotatable bonds is 4. The molecule has 1 N–H and O–H groups in total. The van der Waals surface area contributed by atoms with E-state index in [0.717, 1.165) is 50.9 Å². The van der Waals surface area contributed by atoms with Gasteiger partial charge in [-0.1, -0.05) is 26.0 Å². The second-order valence-electron chi connectivity index (χ2n) is 8.37. The van der Waals surface area contributed by atoms with Gasteiger partial charge in [-0.25, -0.2) is 8.42 Å². The third-order valence-electron chi connectivity index (χ3n) is 5.78. The van der Waals surface area contributed by atoms with Crippen LogP contribution in [0.3, 0.4) is 0 Å². The first-order valence-electron chi connectivity index (χ1n) is 9.54. The molecule has 5 nitrogen and oxygen atoms in total. The highest BCUT2D eigenvalue weighted by Crippen LogP contribution is 2.39. The van der Waals surface area contributed by atoms with Crippen molar-refractivity contribution in [3.63, 3.8) is 0 Å². The Morgan fingerprint density at radius 3 is 2.38 bits per heavy atom. The maximum Gasteiger partial charge on any atom is 0.175 e. The van der Waals surface area contributed by atoms with Crippen LogP contribution in [0.2, 0.25) is 0 Å². The minimum absolute atomic E-state index is 0.147. The molecule has 26 heavy (non-hydrogen) atoms. The van der Waals surface area contributed by atoms with Gasteiger partial charge in [0.15, 0.2) is 9.84 Å². The molecule has 2 aliphatic heterocycles. The number of hydrogen-bond acceptors (Lipinski definition) is 5. The fourth-order valence-corrected chi connectivity index (χ4v) is 4.78. The number of likely N-dealkylation sites (tertiary alicyclic amines) is 1. The number of aliphatic hydroxyl groups excluding tert-OH is 1. The van der Waals surface area contributed by atoms with Crippen molar-refractivity contribution in [1.29, 1.82) is 0 Å². The molecule has 0 amide bonds. The van der Waals surface area contributed by atoms with Gasteiger partial charge in [-0.2, -0.15) is 0 Å². The molecule has 2 saturated heterocycles. The van der Waals surface area contributed by atoms with Gasteiger partial charge in [0.1, 0.15) is 0 Å². The van der Waals surface area contributed by atoms with Crippen LogP contribution in [0.5, 0.6) is 0 Å². The van der Waals surface area contributed by atoms with Crippen molar-refractivity contribution >= 4 is 9.84 Å². The lowest BCUT2D eigenvalue weighted by atomic mass is 9.80. The van der Waals surface area contributed by atoms with Crippen molar-refractivity contribution in [2.45, 2.75) is 68.8 Å². The molecule has 0 saturated carbocycles. The van der Waals surface area contributed by atoms with E-state index in [-0.39, 0.29) is 17.8 Å². The maximum absolute atomic E-state index is 11.6. The lowest BCUT2D eigenvalue weighted by Gasteiger charge is -2.49. The SMILES string of the molecule is CC(C)[C@H]1C[C@@H](O)CC2(CCN(Cc3ccc(S(C)(=O)=O)cc3)CC2)O1. The highest BCUT2D eigenvalue weighted by atomic mass is 32.2. The monoisotopic (exact) mass is 381 g/mol. The molecule has 1 aromatic rings. The van der Waals surface area contributed by atoms with Crippen molar-refractivity contribution in [1.82, 2.24) is 4.90 Å². The number of piperidine rings is 1. The Kier molecular flexibility index (Phi) is 5.78. The third kappa shape index (κ3) is 4.66. The van der Waals surface area contributed by atoms with Crippen molar-refractivity contribution in [2.75, 3.05) is 19.3 Å². The van der Waals surface area contributed by atoms with Gasteiger partial charge in [0.25, 0.3) is 0 Å². The van der Waals surface area contributed by atoms with E-state index in [1.165, 1.54) is 6.26 Å². The summed E-state index contributed by atoms with van der Waals surface area (Å²) in [4.78, 5) is 2.75. The van der Waals surface area contributed by atoms with Crippen molar-refractivity contribution in [2.24, 2.45) is 5.92 Å². The molecule has 0 aromatic heterocycles. The summed E-state index contributed by atoms with van der Waals surface area (Å²) in [5.41, 5.74) is 0.946. The van der Waals surface area contributed by atoms with E-state index in [0.29, 0.717) is 10.8 Å². The van der Waals surface area contributed by atoms with Crippen LogP contribution in [0, 0.1) is 5.92 Å². The number of aliphatic hydroxyl groups is 1. The Hall–Kier alpha value is -0.950. The molecule has 1 spiro atoms. The summed E-state index contributed by atoms with van der Waals surface area (Å²) in [6.07, 6.45) is 4.49. The lowest BCUT2D eigenvalue weighted by molar-refractivity contribution is -0.193. The van der Waals surface area contributed by atoms with Gasteiger partial charge in [-0.05, 0) is 42.9 Å². The predicted molar refractivity (Wildman–Crippen MR) is 102 cm³/mol. The van der Waals surface area contributed by atoms with E-state index in [2.05, 4.69) is 18.7 Å². The first-order valence-corrected chi connectivity index (χ1v) is 11.4. The van der Waals surface area contributed by atoms with Crippen molar-refractivity contribution in [3.05, 3.63) is 29.8 Å². The lowest BCUT2D eigenvalue weighted by Crippen LogP contribution is -2.53. The molecule has 0 unspecified atom stereocenters. The summed E-state index contributed by atoms with van der Waals surface area (Å²) in [5, 5.41) is 10.3. The van der Waals surface area contributed by atoms with Gasteiger partial charge in [0.05, 0.1) is 22.7 Å². The van der Waals surface area contributed by atoms with Crippen LogP contribution in [0.1, 0.15) is 45.1 Å². The summed E-state index contributed by atoms with van der Waals surface area (Å²) < 4.78 is 29.6. The Bertz CT molecular complexity index is 706. The molecule has 6 heteroatoms. The predicted octanol–water partition coefficient (Wildman–Crippen LogP) is 2.62. The third-order valence-corrected chi connectivity index (χ3v) is 6.91. The van der Waals surface area contributed by atoms with Gasteiger partial charge in [0.2, 0.25) is 0 Å². The molecular weight excluding hydrogens is 350 g/mol. The summed E-state index contributed by atoms with van der Waals surface area (Å²) in [7, 11) is -3.14. The molecule has 2 fully saturated rings. The molecule has 0 aliphatic carbocycles. The maximum atomic E-state index is 11.6. The Balaban J connectivity index is 1.58. The highest BCUT2D eigenvalue weighted by Gasteiger charge is 2.43. The first kappa shape index (κ1) is 19.8. The molecule has 1 aromatic carbocycles. The standard InChI is InChI=1S/C20H31NO4S/c1-15(2)19-12-17(22)13-20(25-19)8-10-21(11-9-20)14-16-4-6-18(7-5-16)26(3,23)24/h4-7,15,17,19,22H,8-14H2,1-3H3/t17-,19-/m1/s1. The van der Waals surface area contributed by atoms with E-state index < -0.39 is 9.84 Å². The summed E-state index contributed by atoms with van der Waals surface area (Å²) >= 11 is 0. The zero-order valence-corrected chi connectivity index (χ0v) is 16.8. The molecule has 0 bridgehead atoms. The van der Waals surface area contributed by atoms with Crippen molar-refractivity contribution in [3.8, 4) is 0 Å². The highest BCUT2D eigenvalue weighted by molar-refractivity contribution is 7.90. The molecule has 0 radical (unpaired) electrons. The van der Waals surface area contributed by atoms with Crippen LogP contribution < -0.4 is 0 Å². The van der Waals surface area contributed by atoms with E-state index >= 15 is 0 Å². The number of nitrogens with zero attached hydrogens (tertiary/aromatic N) is 1. The molecule has 2 heterocycles. The van der Waals surface area contributed by atoms with E-state index in [9.17, 15) is 13.5 Å². The zero-order chi connectivity index (χ0) is 18.9. The van der Waals surface area contributed by atoms with Gasteiger partial charge in [0, 0.05) is 32.3 Å². The Morgan fingerprint density at radius 2 is 1.85 bits per heavy atom. The number of ether oxygens (including phenoxy) is 1. The van der Waals surface area contributed by atoms with Gasteiger partial charge >= 0.3 is 0 Å². The van der Waals surface area contributed by atoms with Crippen LogP contribution in [-0.2, 0) is 21.1 Å². The normalized spacial score (nSPS) is 27.1. The minimum Gasteiger partial charge on any atom is -0.393 e. The average Bonchev–Trinajstić information content (AvgIpc) is 2.56. The molecule has 2 atom stereocenters. The minimum atomic E-state index is -3.14. The first-order chi connectivity index (χ1) is 12.2. The van der Waals surface area contributed by atoms with Crippen molar-refractivity contribution < 1.29 is 18.3 Å². The van der Waals surface area contributed by atoms with Gasteiger partial charge in [-0.15, -0.1) is 0 Å². The van der Waals surface area contributed by atoms with Gasteiger partial charge in [-0.3, -0.25) is 4.90 Å². The number of hydrogen-bond donors (Lipinski definition) is 1. The van der Waals surface area contributed by atoms with Crippen LogP contribution in [0.4, 0.5) is 0 Å². The summed E-state index contributed by atoms with van der Waals surface area (Å²) in [5.74, 6) is 0.424. The zero-order valence-electron chi connectivity index (χ0n) is 16.0. The fraction of sp³-hybridized carbons (Fsp3) is 0.700. The molecular formula is C20H31NO4S. The largest absolute Gasteiger partial charge is 0.393 e. The van der Waals surface area contributed by atoms with Crippen LogP contribution in [0.15, 0.2) is 29.2 Å². The molecule has 146 valence electrons. The summed E-state index contributed by atoms with van der Waals surface area (Å²) in [6.45, 7) is 7.00. The van der Waals surface area contributed by atoms with E-state index in [1.54, 1.807) is 12.1 Å². The second-order valence-corrected chi connectivity index (χ2v) is 10.4. The van der Waals surface area contributed by atoms with E-state index in [1.807, 2.05) is 12.1 Å².